The van der Waals surface area contributed by atoms with Crippen LogP contribution in [0.25, 0.3) is 0 Å². The van der Waals surface area contributed by atoms with Crippen molar-refractivity contribution in [2.24, 2.45) is 5.84 Å². The molecule has 3 N–H and O–H groups in total. The molecule has 1 unspecified atom stereocenters. The Balaban J connectivity index is 2.83. The lowest BCUT2D eigenvalue weighted by molar-refractivity contribution is 0.122. The molecule has 0 radical (unpaired) electrons. The summed E-state index contributed by atoms with van der Waals surface area (Å²) in [5.41, 5.74) is 2.99. The number of methoxy groups -OCH3 is 1. The predicted molar refractivity (Wildman–Crippen MR) is 59.5 cm³/mol. The number of nitrogens with two attached hydrogens (primary N) is 1. The summed E-state index contributed by atoms with van der Waals surface area (Å²) in [5, 5.41) is 0. The molecular weight excluding hydrogens is 211 g/mol. The third-order valence-electron chi connectivity index (χ3n) is 2.27. The first-order valence-corrected chi connectivity index (χ1v) is 5.10. The van der Waals surface area contributed by atoms with Gasteiger partial charge >= 0.3 is 0 Å². The van der Waals surface area contributed by atoms with Gasteiger partial charge in [-0.3, -0.25) is 11.3 Å². The Kier molecular flexibility index (Phi) is 5.18. The third kappa shape index (κ3) is 3.16. The van der Waals surface area contributed by atoms with Crippen molar-refractivity contribution in [2.45, 2.75) is 13.0 Å². The lowest BCUT2D eigenvalue weighted by atomic mass is 10.1. The summed E-state index contributed by atoms with van der Waals surface area (Å²) in [5.74, 6) is 5.48. The van der Waals surface area contributed by atoms with E-state index in [0.717, 1.165) is 0 Å². The van der Waals surface area contributed by atoms with Gasteiger partial charge in [-0.2, -0.15) is 0 Å². The summed E-state index contributed by atoms with van der Waals surface area (Å²) < 4.78 is 23.8. The number of ether oxygens (including phenoxy) is 2. The van der Waals surface area contributed by atoms with Crippen LogP contribution in [0.4, 0.5) is 4.39 Å². The van der Waals surface area contributed by atoms with E-state index in [4.69, 9.17) is 15.3 Å². The van der Waals surface area contributed by atoms with Crippen molar-refractivity contribution in [2.75, 3.05) is 20.3 Å². The maximum Gasteiger partial charge on any atom is 0.131 e. The van der Waals surface area contributed by atoms with Crippen LogP contribution in [-0.2, 0) is 4.74 Å². The highest BCUT2D eigenvalue weighted by molar-refractivity contribution is 5.30. The smallest absolute Gasteiger partial charge is 0.131 e. The molecule has 1 rings (SSSR count). The summed E-state index contributed by atoms with van der Waals surface area (Å²) >= 11 is 0. The molecule has 5 heteroatoms. The highest BCUT2D eigenvalue weighted by Crippen LogP contribution is 2.21. The fourth-order valence-corrected chi connectivity index (χ4v) is 1.38. The van der Waals surface area contributed by atoms with Crippen molar-refractivity contribution >= 4 is 0 Å². The average molecular weight is 228 g/mol. The number of hydrazine groups is 1. The van der Waals surface area contributed by atoms with Crippen LogP contribution in [-0.4, -0.2) is 20.3 Å². The molecule has 0 fully saturated rings. The maximum atomic E-state index is 13.7. The summed E-state index contributed by atoms with van der Waals surface area (Å²) in [7, 11) is 1.49. The second kappa shape index (κ2) is 6.42. The standard InChI is InChI=1S/C11H17FN2O2/c1-3-16-7-11(14-13)9-5-4-8(15-2)6-10(9)12/h4-6,11,14H,3,7,13H2,1-2H3. The van der Waals surface area contributed by atoms with E-state index in [9.17, 15) is 4.39 Å². The fourth-order valence-electron chi connectivity index (χ4n) is 1.38. The molecule has 0 heterocycles. The molecule has 1 atom stereocenters. The molecule has 0 aliphatic carbocycles. The van der Waals surface area contributed by atoms with Crippen LogP contribution in [0.15, 0.2) is 18.2 Å². The van der Waals surface area contributed by atoms with E-state index in [-0.39, 0.29) is 11.9 Å². The third-order valence-corrected chi connectivity index (χ3v) is 2.27. The molecule has 0 aromatic heterocycles. The van der Waals surface area contributed by atoms with Gasteiger partial charge in [-0.25, -0.2) is 4.39 Å². The lowest BCUT2D eigenvalue weighted by Crippen LogP contribution is -2.32. The monoisotopic (exact) mass is 228 g/mol. The van der Waals surface area contributed by atoms with Gasteiger partial charge in [0.2, 0.25) is 0 Å². The van der Waals surface area contributed by atoms with Crippen molar-refractivity contribution in [3.05, 3.63) is 29.6 Å². The predicted octanol–water partition coefficient (Wildman–Crippen LogP) is 1.38. The first kappa shape index (κ1) is 12.9. The topological polar surface area (TPSA) is 56.5 Å². The van der Waals surface area contributed by atoms with Gasteiger partial charge in [0.05, 0.1) is 19.8 Å². The largest absolute Gasteiger partial charge is 0.497 e. The van der Waals surface area contributed by atoms with Crippen molar-refractivity contribution in [1.82, 2.24) is 5.43 Å². The highest BCUT2D eigenvalue weighted by Gasteiger charge is 2.14. The molecule has 0 aliphatic heterocycles. The van der Waals surface area contributed by atoms with Crippen molar-refractivity contribution in [3.8, 4) is 5.75 Å². The van der Waals surface area contributed by atoms with Gasteiger partial charge in [0.15, 0.2) is 0 Å². The van der Waals surface area contributed by atoms with Gasteiger partial charge in [-0.15, -0.1) is 0 Å². The molecule has 0 saturated carbocycles. The number of hydrogen-bond acceptors (Lipinski definition) is 4. The van der Waals surface area contributed by atoms with Crippen LogP contribution in [0.2, 0.25) is 0 Å². The number of halogens is 1. The molecule has 0 amide bonds. The van der Waals surface area contributed by atoms with E-state index in [1.165, 1.54) is 13.2 Å². The van der Waals surface area contributed by atoms with Gasteiger partial charge in [-0.1, -0.05) is 6.07 Å². The van der Waals surface area contributed by atoms with E-state index in [1.54, 1.807) is 12.1 Å². The Morgan fingerprint density at radius 3 is 2.75 bits per heavy atom. The first-order chi connectivity index (χ1) is 7.72. The highest BCUT2D eigenvalue weighted by atomic mass is 19.1. The SMILES string of the molecule is CCOCC(NN)c1ccc(OC)cc1F. The van der Waals surface area contributed by atoms with E-state index in [2.05, 4.69) is 5.43 Å². The zero-order valence-electron chi connectivity index (χ0n) is 9.50. The minimum Gasteiger partial charge on any atom is -0.497 e. The van der Waals surface area contributed by atoms with Crippen molar-refractivity contribution < 1.29 is 13.9 Å². The fraction of sp³-hybridized carbons (Fsp3) is 0.455. The Bertz CT molecular complexity index is 334. The molecule has 1 aromatic carbocycles. The molecule has 0 saturated heterocycles. The number of nitrogens with one attached hydrogen (secondary N) is 1. The molecule has 16 heavy (non-hydrogen) atoms. The number of benzene rings is 1. The van der Waals surface area contributed by atoms with Crippen molar-refractivity contribution in [3.63, 3.8) is 0 Å². The first-order valence-electron chi connectivity index (χ1n) is 5.10. The Hall–Kier alpha value is -1.17. The Morgan fingerprint density at radius 1 is 1.50 bits per heavy atom. The second-order valence-corrected chi connectivity index (χ2v) is 3.27. The Morgan fingerprint density at radius 2 is 2.25 bits per heavy atom. The minimum absolute atomic E-state index is 0.330. The average Bonchev–Trinajstić information content (AvgIpc) is 2.31. The Labute approximate surface area is 94.5 Å². The summed E-state index contributed by atoms with van der Waals surface area (Å²) in [6.07, 6.45) is 0. The van der Waals surface area contributed by atoms with E-state index < -0.39 is 0 Å². The van der Waals surface area contributed by atoms with Gasteiger partial charge in [0, 0.05) is 18.2 Å². The molecule has 0 spiro atoms. The second-order valence-electron chi connectivity index (χ2n) is 3.27. The van der Waals surface area contributed by atoms with Crippen LogP contribution in [0, 0.1) is 5.82 Å². The van der Waals surface area contributed by atoms with Crippen LogP contribution in [0.1, 0.15) is 18.5 Å². The number of rotatable bonds is 6. The molecular formula is C11H17FN2O2. The van der Waals surface area contributed by atoms with Crippen LogP contribution in [0.5, 0.6) is 5.75 Å². The van der Waals surface area contributed by atoms with Crippen molar-refractivity contribution in [1.29, 1.82) is 0 Å². The molecule has 90 valence electrons. The van der Waals surface area contributed by atoms with Crippen LogP contribution < -0.4 is 16.0 Å². The van der Waals surface area contributed by atoms with Crippen LogP contribution >= 0.6 is 0 Å². The molecule has 1 aromatic rings. The van der Waals surface area contributed by atoms with E-state index in [1.807, 2.05) is 6.92 Å². The summed E-state index contributed by atoms with van der Waals surface area (Å²) in [6, 6.07) is 4.30. The summed E-state index contributed by atoms with van der Waals surface area (Å²) in [4.78, 5) is 0. The minimum atomic E-state index is -0.359. The zero-order valence-corrected chi connectivity index (χ0v) is 9.50. The quantitative estimate of drug-likeness (QED) is 0.570. The summed E-state index contributed by atoms with van der Waals surface area (Å²) in [6.45, 7) is 2.77. The van der Waals surface area contributed by atoms with Crippen LogP contribution in [0.3, 0.4) is 0 Å². The zero-order chi connectivity index (χ0) is 12.0. The normalized spacial score (nSPS) is 12.5. The number of hydrogen-bond donors (Lipinski definition) is 2. The van der Waals surface area contributed by atoms with E-state index in [0.29, 0.717) is 24.5 Å². The molecule has 0 aliphatic rings. The van der Waals surface area contributed by atoms with Gasteiger partial charge in [0.25, 0.3) is 0 Å². The van der Waals surface area contributed by atoms with Gasteiger partial charge in [0.1, 0.15) is 11.6 Å². The lowest BCUT2D eigenvalue weighted by Gasteiger charge is -2.17. The molecule has 0 bridgehead atoms. The van der Waals surface area contributed by atoms with Gasteiger partial charge in [-0.05, 0) is 13.0 Å². The van der Waals surface area contributed by atoms with E-state index >= 15 is 0 Å². The maximum absolute atomic E-state index is 13.7. The van der Waals surface area contributed by atoms with Gasteiger partial charge < -0.3 is 9.47 Å². The molecule has 4 nitrogen and oxygen atoms in total.